The first-order valence-electron chi connectivity index (χ1n) is 11.1. The maximum atomic E-state index is 12.6. The summed E-state index contributed by atoms with van der Waals surface area (Å²) in [4.78, 5) is 24.7. The molecule has 0 bridgehead atoms. The third-order valence-corrected chi connectivity index (χ3v) is 7.14. The number of hydrogen-bond donors (Lipinski definition) is 2. The van der Waals surface area contributed by atoms with Crippen LogP contribution in [-0.4, -0.2) is 26.9 Å². The molecule has 0 spiro atoms. The van der Waals surface area contributed by atoms with E-state index in [9.17, 15) is 18.0 Å². The second-order valence-electron chi connectivity index (χ2n) is 8.28. The zero-order valence-electron chi connectivity index (χ0n) is 18.8. The van der Waals surface area contributed by atoms with Gasteiger partial charge in [0.25, 0.3) is 15.9 Å². The van der Waals surface area contributed by atoms with Crippen LogP contribution in [0.5, 0.6) is 0 Å². The number of anilines is 1. The normalized spacial score (nSPS) is 15.1. The number of fused-ring (bicyclic) bond motifs is 1. The van der Waals surface area contributed by atoms with Crippen molar-refractivity contribution >= 4 is 27.6 Å². The second kappa shape index (κ2) is 10.1. The molecule has 1 amide bonds. The minimum absolute atomic E-state index is 0.0123. The number of nitrogens with one attached hydrogen (secondary N) is 2. The highest BCUT2D eigenvalue weighted by Gasteiger charge is 2.22. The Morgan fingerprint density at radius 3 is 2.41 bits per heavy atom. The molecule has 34 heavy (non-hydrogen) atoms. The number of aryl methyl sites for hydroxylation is 2. The van der Waals surface area contributed by atoms with Crippen molar-refractivity contribution in [3.63, 3.8) is 0 Å². The first-order chi connectivity index (χ1) is 16.3. The highest BCUT2D eigenvalue weighted by molar-refractivity contribution is 7.92. The number of rotatable bonds is 7. The Kier molecular flexibility index (Phi) is 6.98. The van der Waals surface area contributed by atoms with Crippen LogP contribution in [0.15, 0.2) is 77.7 Å². The van der Waals surface area contributed by atoms with Gasteiger partial charge in [0.15, 0.2) is 6.61 Å². The van der Waals surface area contributed by atoms with Crippen LogP contribution in [-0.2, 0) is 26.0 Å². The lowest BCUT2D eigenvalue weighted by molar-refractivity contribution is -0.125. The predicted octanol–water partition coefficient (Wildman–Crippen LogP) is 4.15. The number of carbonyl (C=O) groups excluding carboxylic acids is 2. The van der Waals surface area contributed by atoms with Gasteiger partial charge >= 0.3 is 5.97 Å². The SMILES string of the molecule is Cc1ccc(NS(=O)(=O)c2ccc(C(=O)OCC(=O)N[C@H]3CCCc4ccccc43)cc2)cc1. The Morgan fingerprint density at radius 2 is 1.68 bits per heavy atom. The quantitative estimate of drug-likeness (QED) is 0.497. The largest absolute Gasteiger partial charge is 0.452 e. The van der Waals surface area contributed by atoms with E-state index in [0.29, 0.717) is 5.69 Å². The van der Waals surface area contributed by atoms with Gasteiger partial charge in [0.2, 0.25) is 0 Å². The van der Waals surface area contributed by atoms with Gasteiger partial charge in [0, 0.05) is 5.69 Å². The lowest BCUT2D eigenvalue weighted by atomic mass is 9.88. The Morgan fingerprint density at radius 1 is 0.971 bits per heavy atom. The summed E-state index contributed by atoms with van der Waals surface area (Å²) in [6, 6.07) is 20.2. The fraction of sp³-hybridized carbons (Fsp3) is 0.231. The van der Waals surface area contributed by atoms with E-state index < -0.39 is 22.6 Å². The smallest absolute Gasteiger partial charge is 0.338 e. The van der Waals surface area contributed by atoms with Gasteiger partial charge in [-0.3, -0.25) is 9.52 Å². The molecular formula is C26H26N2O5S. The topological polar surface area (TPSA) is 102 Å². The van der Waals surface area contributed by atoms with Crippen molar-refractivity contribution in [2.45, 2.75) is 37.1 Å². The van der Waals surface area contributed by atoms with E-state index in [2.05, 4.69) is 16.1 Å². The molecule has 2 N–H and O–H groups in total. The van der Waals surface area contributed by atoms with Crippen LogP contribution in [0, 0.1) is 6.92 Å². The van der Waals surface area contributed by atoms with Crippen molar-refractivity contribution in [3.05, 3.63) is 95.1 Å². The first-order valence-corrected chi connectivity index (χ1v) is 12.5. The van der Waals surface area contributed by atoms with Crippen LogP contribution in [0.3, 0.4) is 0 Å². The minimum atomic E-state index is -3.80. The summed E-state index contributed by atoms with van der Waals surface area (Å²) in [5.74, 6) is -1.08. The number of sulfonamides is 1. The first kappa shape index (κ1) is 23.5. The molecule has 0 saturated carbocycles. The monoisotopic (exact) mass is 478 g/mol. The van der Waals surface area contributed by atoms with E-state index in [4.69, 9.17) is 4.74 Å². The molecule has 7 nitrogen and oxygen atoms in total. The van der Waals surface area contributed by atoms with Crippen LogP contribution in [0.25, 0.3) is 0 Å². The van der Waals surface area contributed by atoms with Crippen molar-refractivity contribution in [1.29, 1.82) is 0 Å². The van der Waals surface area contributed by atoms with Gasteiger partial charge in [-0.2, -0.15) is 0 Å². The zero-order chi connectivity index (χ0) is 24.1. The summed E-state index contributed by atoms with van der Waals surface area (Å²) in [6.45, 7) is 1.50. The number of hydrogen-bond acceptors (Lipinski definition) is 5. The molecule has 0 saturated heterocycles. The summed E-state index contributed by atoms with van der Waals surface area (Å²) in [6.07, 6.45) is 2.81. The van der Waals surface area contributed by atoms with Gasteiger partial charge in [0.1, 0.15) is 0 Å². The molecular weight excluding hydrogens is 452 g/mol. The molecule has 176 valence electrons. The molecule has 1 aliphatic carbocycles. The Bertz CT molecular complexity index is 1290. The summed E-state index contributed by atoms with van der Waals surface area (Å²) in [5, 5.41) is 2.93. The Hall–Kier alpha value is -3.65. The van der Waals surface area contributed by atoms with E-state index >= 15 is 0 Å². The molecule has 0 radical (unpaired) electrons. The number of amides is 1. The lowest BCUT2D eigenvalue weighted by Crippen LogP contribution is -2.34. The van der Waals surface area contributed by atoms with E-state index in [1.54, 1.807) is 24.3 Å². The highest BCUT2D eigenvalue weighted by atomic mass is 32.2. The van der Waals surface area contributed by atoms with Crippen molar-refractivity contribution < 1.29 is 22.7 Å². The second-order valence-corrected chi connectivity index (χ2v) is 9.97. The van der Waals surface area contributed by atoms with Gasteiger partial charge in [-0.15, -0.1) is 0 Å². The molecule has 1 atom stereocenters. The summed E-state index contributed by atoms with van der Waals surface area (Å²) in [5.41, 5.74) is 3.95. The summed E-state index contributed by atoms with van der Waals surface area (Å²) in [7, 11) is -3.80. The fourth-order valence-electron chi connectivity index (χ4n) is 3.96. The van der Waals surface area contributed by atoms with E-state index in [0.717, 1.165) is 30.4 Å². The maximum absolute atomic E-state index is 12.6. The standard InChI is InChI=1S/C26H26N2O5S/c1-18-9-13-21(14-10-18)28-34(31,32)22-15-11-20(12-16-22)26(30)33-17-25(29)27-24-8-4-6-19-5-2-3-7-23(19)24/h2-3,5,7,9-16,24,28H,4,6,8,17H2,1H3,(H,27,29)/t24-/m0/s1. The van der Waals surface area contributed by atoms with E-state index in [1.807, 2.05) is 25.1 Å². The van der Waals surface area contributed by atoms with E-state index in [1.165, 1.54) is 29.8 Å². The molecule has 0 aliphatic heterocycles. The van der Waals surface area contributed by atoms with Crippen LogP contribution in [0.4, 0.5) is 5.69 Å². The molecule has 0 heterocycles. The average Bonchev–Trinajstić information content (AvgIpc) is 2.84. The number of esters is 1. The van der Waals surface area contributed by atoms with Crippen molar-refractivity contribution in [2.75, 3.05) is 11.3 Å². The van der Waals surface area contributed by atoms with Crippen LogP contribution >= 0.6 is 0 Å². The molecule has 3 aromatic rings. The van der Waals surface area contributed by atoms with E-state index in [-0.39, 0.29) is 22.4 Å². The van der Waals surface area contributed by atoms with Crippen LogP contribution < -0.4 is 10.0 Å². The molecule has 0 unspecified atom stereocenters. The average molecular weight is 479 g/mol. The van der Waals surface area contributed by atoms with Crippen molar-refractivity contribution in [2.24, 2.45) is 0 Å². The zero-order valence-corrected chi connectivity index (χ0v) is 19.6. The molecule has 3 aromatic carbocycles. The molecule has 8 heteroatoms. The Labute approximate surface area is 199 Å². The molecule has 1 aliphatic rings. The summed E-state index contributed by atoms with van der Waals surface area (Å²) < 4.78 is 32.8. The van der Waals surface area contributed by atoms with Gasteiger partial charge in [-0.25, -0.2) is 13.2 Å². The lowest BCUT2D eigenvalue weighted by Gasteiger charge is -2.26. The van der Waals surface area contributed by atoms with Gasteiger partial charge in [-0.05, 0) is 73.7 Å². The van der Waals surface area contributed by atoms with Gasteiger partial charge in [-0.1, -0.05) is 42.0 Å². The van der Waals surface area contributed by atoms with Gasteiger partial charge in [0.05, 0.1) is 16.5 Å². The van der Waals surface area contributed by atoms with Gasteiger partial charge < -0.3 is 10.1 Å². The highest BCUT2D eigenvalue weighted by Crippen LogP contribution is 2.29. The van der Waals surface area contributed by atoms with Crippen molar-refractivity contribution in [1.82, 2.24) is 5.32 Å². The summed E-state index contributed by atoms with van der Waals surface area (Å²) >= 11 is 0. The Balaban J connectivity index is 1.32. The number of benzene rings is 3. The molecule has 0 aromatic heterocycles. The van der Waals surface area contributed by atoms with Crippen LogP contribution in [0.2, 0.25) is 0 Å². The molecule has 4 rings (SSSR count). The van der Waals surface area contributed by atoms with Crippen LogP contribution in [0.1, 0.15) is 45.9 Å². The number of ether oxygens (including phenoxy) is 1. The molecule has 0 fully saturated rings. The third-order valence-electron chi connectivity index (χ3n) is 5.74. The van der Waals surface area contributed by atoms with Crippen molar-refractivity contribution in [3.8, 4) is 0 Å². The maximum Gasteiger partial charge on any atom is 0.338 e. The fourth-order valence-corrected chi connectivity index (χ4v) is 5.02. The third kappa shape index (κ3) is 5.63. The predicted molar refractivity (Wildman–Crippen MR) is 129 cm³/mol. The number of carbonyl (C=O) groups is 2. The minimum Gasteiger partial charge on any atom is -0.452 e.